The van der Waals surface area contributed by atoms with E-state index in [0.717, 1.165) is 0 Å². The Kier molecular flexibility index (Phi) is 4.09. The molecule has 0 radical (unpaired) electrons. The summed E-state index contributed by atoms with van der Waals surface area (Å²) in [5.41, 5.74) is 0. The van der Waals surface area contributed by atoms with Gasteiger partial charge in [0.15, 0.2) is 0 Å². The summed E-state index contributed by atoms with van der Waals surface area (Å²) in [5.74, 6) is 4.35. The molecule has 1 atom stereocenters. The average Bonchev–Trinajstić information content (AvgIpc) is 1.65. The highest BCUT2D eigenvalue weighted by molar-refractivity contribution is 7.41. The van der Waals surface area contributed by atoms with Crippen LogP contribution in [0.2, 0.25) is 0 Å². The largest absolute Gasteiger partial charge is 0.365 e. The van der Waals surface area contributed by atoms with Crippen LogP contribution in [0.1, 0.15) is 0 Å². The monoisotopic (exact) mass is 131 g/mol. The van der Waals surface area contributed by atoms with Crippen LogP contribution >= 0.6 is 20.5 Å². The third-order valence-electron chi connectivity index (χ3n) is 0.149. The van der Waals surface area contributed by atoms with Gasteiger partial charge in [-0.2, -0.15) is 4.08 Å². The van der Waals surface area contributed by atoms with Crippen molar-refractivity contribution in [3.05, 3.63) is 0 Å². The Labute approximate surface area is 40.9 Å². The molecule has 0 aliphatic heterocycles. The van der Waals surface area contributed by atoms with Gasteiger partial charge < -0.3 is 4.89 Å². The lowest BCUT2D eigenvalue weighted by Crippen LogP contribution is -1.90. The van der Waals surface area contributed by atoms with Gasteiger partial charge in [0.25, 0.3) is 0 Å². The molecule has 6 heavy (non-hydrogen) atoms. The molecule has 0 rings (SSSR count). The maximum atomic E-state index is 8.03. The van der Waals surface area contributed by atoms with Crippen molar-refractivity contribution in [3.8, 4) is 0 Å². The zero-order valence-electron chi connectivity index (χ0n) is 2.67. The van der Waals surface area contributed by atoms with E-state index in [-0.39, 0.29) is 0 Å². The van der Waals surface area contributed by atoms with Gasteiger partial charge in [0.2, 0.25) is 0 Å². The van der Waals surface area contributed by atoms with Gasteiger partial charge in [-0.3, -0.25) is 0 Å². The quantitative estimate of drug-likeness (QED) is 0.417. The van der Waals surface area contributed by atoms with Crippen molar-refractivity contribution in [2.75, 3.05) is 0 Å². The molecule has 0 aromatic heterocycles. The molecule has 0 heterocycles. The Bertz CT molecular complexity index is 30.0. The van der Waals surface area contributed by atoms with Crippen LogP contribution in [0.15, 0.2) is 0 Å². The molecule has 6 heteroatoms. The number of rotatable bonds is 2. The van der Waals surface area contributed by atoms with Crippen LogP contribution < -0.4 is 5.90 Å². The van der Waals surface area contributed by atoms with Crippen LogP contribution in [0.3, 0.4) is 0 Å². The summed E-state index contributed by atoms with van der Waals surface area (Å²) in [5, 5.41) is 0. The van der Waals surface area contributed by atoms with Crippen LogP contribution in [0.25, 0.3) is 0 Å². The lowest BCUT2D eigenvalue weighted by atomic mass is 13.6. The highest BCUT2D eigenvalue weighted by Gasteiger charge is 1.98. The maximum absolute atomic E-state index is 8.03. The topological polar surface area (TPSA) is 64.7 Å². The normalized spacial score (nSPS) is 14.5. The Morgan fingerprint density at radius 3 is 2.33 bits per heavy atom. The minimum atomic E-state index is -2.03. The molecule has 38 valence electrons. The zero-order valence-corrected chi connectivity index (χ0v) is 4.32. The molecular weight excluding hydrogens is 128 g/mol. The molecule has 0 saturated heterocycles. The molecular formula is H3ClNO3P. The standard InChI is InChI=1S/ClH3NO3P/c1-4-6(3)5-2/h3H,2H2. The van der Waals surface area contributed by atoms with Crippen molar-refractivity contribution in [2.24, 2.45) is 5.90 Å². The van der Waals surface area contributed by atoms with Gasteiger partial charge in [-0.15, -0.1) is 0 Å². The number of nitrogens with two attached hydrogens (primary N) is 1. The van der Waals surface area contributed by atoms with Crippen LogP contribution in [-0.4, -0.2) is 4.89 Å². The second-order valence-electron chi connectivity index (χ2n) is 0.412. The van der Waals surface area contributed by atoms with Crippen LogP contribution in [0.5, 0.6) is 0 Å². The third-order valence-corrected chi connectivity index (χ3v) is 0.802. The van der Waals surface area contributed by atoms with Crippen molar-refractivity contribution in [1.82, 2.24) is 0 Å². The predicted molar refractivity (Wildman–Crippen MR) is 21.3 cm³/mol. The molecule has 4 nitrogen and oxygen atoms in total. The van der Waals surface area contributed by atoms with E-state index in [0.29, 0.717) is 0 Å². The molecule has 3 N–H and O–H groups in total. The summed E-state index contributed by atoms with van der Waals surface area (Å²) < 4.78 is 7.31. The van der Waals surface area contributed by atoms with E-state index in [9.17, 15) is 0 Å². The first-order valence-corrected chi connectivity index (χ1v) is 2.39. The van der Waals surface area contributed by atoms with Gasteiger partial charge in [-0.1, -0.05) is 0 Å². The maximum Gasteiger partial charge on any atom is 0.365 e. The molecule has 0 bridgehead atoms. The summed E-state index contributed by atoms with van der Waals surface area (Å²) in [6, 6.07) is 0. The number of hydrogen-bond acceptors (Lipinski definition) is 4. The smallest absolute Gasteiger partial charge is 0.326 e. The number of hydrogen-bond donors (Lipinski definition) is 2. The SMILES string of the molecule is NOP(O)OCl. The van der Waals surface area contributed by atoms with Gasteiger partial charge in [0, 0.05) is 0 Å². The lowest BCUT2D eigenvalue weighted by Gasteiger charge is -1.94. The molecule has 0 saturated carbocycles. The van der Waals surface area contributed by atoms with Crippen LogP contribution in [-0.2, 0) is 8.70 Å². The van der Waals surface area contributed by atoms with Crippen molar-refractivity contribution in [1.29, 1.82) is 0 Å². The fourth-order valence-electron chi connectivity index (χ4n) is 0.0163. The summed E-state index contributed by atoms with van der Waals surface area (Å²) >= 11 is 4.53. The first-order valence-electron chi connectivity index (χ1n) is 0.955. The van der Waals surface area contributed by atoms with E-state index in [1.54, 1.807) is 0 Å². The van der Waals surface area contributed by atoms with Gasteiger partial charge in [-0.05, 0) is 0 Å². The van der Waals surface area contributed by atoms with Gasteiger partial charge >= 0.3 is 8.60 Å². The number of halogens is 1. The molecule has 0 aliphatic carbocycles. The van der Waals surface area contributed by atoms with Crippen LogP contribution in [0, 0.1) is 0 Å². The molecule has 0 aromatic rings. The van der Waals surface area contributed by atoms with Crippen LogP contribution in [0.4, 0.5) is 0 Å². The highest BCUT2D eigenvalue weighted by atomic mass is 35.5. The van der Waals surface area contributed by atoms with Crippen molar-refractivity contribution < 1.29 is 13.6 Å². The van der Waals surface area contributed by atoms with Crippen molar-refractivity contribution in [2.45, 2.75) is 0 Å². The van der Waals surface area contributed by atoms with Gasteiger partial charge in [0.05, 0.1) is 11.9 Å². The fraction of sp³-hybridized carbons (Fsp3) is 0. The van der Waals surface area contributed by atoms with E-state index in [1.807, 2.05) is 0 Å². The minimum Gasteiger partial charge on any atom is -0.326 e. The summed E-state index contributed by atoms with van der Waals surface area (Å²) in [6.45, 7) is 0. The molecule has 0 spiro atoms. The predicted octanol–water partition coefficient (Wildman–Crippen LogP) is 0.266. The Morgan fingerprint density at radius 1 is 1.83 bits per heavy atom. The second-order valence-corrected chi connectivity index (χ2v) is 1.65. The molecule has 0 amide bonds. The first kappa shape index (κ1) is 6.56. The van der Waals surface area contributed by atoms with E-state index < -0.39 is 8.60 Å². The van der Waals surface area contributed by atoms with Crippen molar-refractivity contribution in [3.63, 3.8) is 0 Å². The molecule has 1 unspecified atom stereocenters. The summed E-state index contributed by atoms with van der Waals surface area (Å²) in [6.07, 6.45) is 0. The minimum absolute atomic E-state index is 2.03. The van der Waals surface area contributed by atoms with Crippen molar-refractivity contribution >= 4 is 20.5 Å². The third kappa shape index (κ3) is 2.78. The molecule has 0 aliphatic rings. The summed E-state index contributed by atoms with van der Waals surface area (Å²) in [7, 11) is -2.03. The Balaban J connectivity index is 2.75. The van der Waals surface area contributed by atoms with E-state index in [4.69, 9.17) is 4.89 Å². The van der Waals surface area contributed by atoms with E-state index in [1.165, 1.54) is 0 Å². The average molecular weight is 131 g/mol. The zero-order chi connectivity index (χ0) is 4.99. The lowest BCUT2D eigenvalue weighted by molar-refractivity contribution is 0.275. The molecule has 0 aromatic carbocycles. The van der Waals surface area contributed by atoms with E-state index >= 15 is 0 Å². The second kappa shape index (κ2) is 3.74. The van der Waals surface area contributed by atoms with Gasteiger partial charge in [0.1, 0.15) is 0 Å². The fourth-order valence-corrected chi connectivity index (χ4v) is 0.146. The van der Waals surface area contributed by atoms with E-state index in [2.05, 4.69) is 26.5 Å². The Hall–Kier alpha value is 0.560. The first-order chi connectivity index (χ1) is 2.81. The summed E-state index contributed by atoms with van der Waals surface area (Å²) in [4.78, 5) is 8.03. The van der Waals surface area contributed by atoms with Gasteiger partial charge in [-0.25, -0.2) is 10.5 Å². The highest BCUT2D eigenvalue weighted by Crippen LogP contribution is 2.30. The molecule has 0 fully saturated rings. The Morgan fingerprint density at radius 2 is 2.33 bits per heavy atom.